The summed E-state index contributed by atoms with van der Waals surface area (Å²) >= 11 is 0. The van der Waals surface area contributed by atoms with Gasteiger partial charge in [0.25, 0.3) is 5.91 Å². The van der Waals surface area contributed by atoms with Crippen LogP contribution in [-0.2, 0) is 16.1 Å². The number of aryl methyl sites for hydroxylation is 2. The van der Waals surface area contributed by atoms with Crippen LogP contribution in [0.15, 0.2) is 42.5 Å². The van der Waals surface area contributed by atoms with Gasteiger partial charge in [-0.05, 0) is 75.1 Å². The van der Waals surface area contributed by atoms with Crippen LogP contribution < -0.4 is 14.8 Å². The molecule has 0 aromatic heterocycles. The van der Waals surface area contributed by atoms with Crippen molar-refractivity contribution in [1.29, 1.82) is 0 Å². The molecule has 2 amide bonds. The molecular formula is C25H34N2O4. The van der Waals surface area contributed by atoms with Crippen LogP contribution >= 0.6 is 0 Å². The summed E-state index contributed by atoms with van der Waals surface area (Å²) in [6, 6.07) is 12.6. The number of carbonyl (C=O) groups is 2. The molecule has 2 atom stereocenters. The number of hydrogen-bond donors (Lipinski definition) is 1. The summed E-state index contributed by atoms with van der Waals surface area (Å²) in [5.41, 5.74) is 3.17. The van der Waals surface area contributed by atoms with Crippen molar-refractivity contribution in [3.63, 3.8) is 0 Å². The van der Waals surface area contributed by atoms with Crippen LogP contribution in [0.2, 0.25) is 0 Å². The van der Waals surface area contributed by atoms with Crippen molar-refractivity contribution < 1.29 is 19.1 Å². The normalized spacial score (nSPS) is 12.6. The molecule has 0 spiro atoms. The third-order valence-electron chi connectivity index (χ3n) is 5.52. The maximum atomic E-state index is 13.1. The Morgan fingerprint density at radius 1 is 1.00 bits per heavy atom. The molecule has 0 aliphatic heterocycles. The zero-order valence-electron chi connectivity index (χ0n) is 19.4. The minimum atomic E-state index is -0.632. The van der Waals surface area contributed by atoms with Crippen LogP contribution in [0.1, 0.15) is 43.9 Å². The fourth-order valence-electron chi connectivity index (χ4n) is 3.01. The van der Waals surface area contributed by atoms with E-state index in [0.29, 0.717) is 12.3 Å². The van der Waals surface area contributed by atoms with E-state index < -0.39 is 6.04 Å². The Bertz CT molecular complexity index is 880. The first kappa shape index (κ1) is 24.3. The van der Waals surface area contributed by atoms with Crippen molar-refractivity contribution in [2.45, 2.75) is 59.7 Å². The largest absolute Gasteiger partial charge is 0.497 e. The second-order valence-corrected chi connectivity index (χ2v) is 7.90. The summed E-state index contributed by atoms with van der Waals surface area (Å²) in [4.78, 5) is 27.4. The molecular weight excluding hydrogens is 392 g/mol. The molecule has 0 fully saturated rings. The highest BCUT2D eigenvalue weighted by Gasteiger charge is 2.27. The Morgan fingerprint density at radius 3 is 2.23 bits per heavy atom. The first-order chi connectivity index (χ1) is 14.7. The maximum Gasteiger partial charge on any atom is 0.261 e. The molecule has 0 bridgehead atoms. The summed E-state index contributed by atoms with van der Waals surface area (Å²) in [5.74, 6) is 0.947. The van der Waals surface area contributed by atoms with Crippen LogP contribution in [0.5, 0.6) is 11.5 Å². The standard InChI is InChI=1S/C25H34N2O4/c1-7-19(4)26-25(29)20(5)27(15-21-9-12-22(30-6)13-10-21)24(28)16-31-23-11-8-17(2)18(3)14-23/h8-14,19-20H,7,15-16H2,1-6H3,(H,26,29)/t19-,20+/m0/s1. The van der Waals surface area contributed by atoms with Gasteiger partial charge in [-0.1, -0.05) is 25.1 Å². The zero-order valence-corrected chi connectivity index (χ0v) is 19.4. The van der Waals surface area contributed by atoms with E-state index in [2.05, 4.69) is 5.32 Å². The molecule has 31 heavy (non-hydrogen) atoms. The molecule has 0 aliphatic carbocycles. The molecule has 168 valence electrons. The molecule has 0 aliphatic rings. The average Bonchev–Trinajstić information content (AvgIpc) is 2.77. The van der Waals surface area contributed by atoms with Gasteiger partial charge < -0.3 is 19.7 Å². The average molecular weight is 427 g/mol. The Kier molecular flexibility index (Phi) is 8.91. The van der Waals surface area contributed by atoms with E-state index in [4.69, 9.17) is 9.47 Å². The van der Waals surface area contributed by atoms with Gasteiger partial charge in [-0.25, -0.2) is 0 Å². The summed E-state index contributed by atoms with van der Waals surface area (Å²) in [7, 11) is 1.61. The third kappa shape index (κ3) is 7.02. The fraction of sp³-hybridized carbons (Fsp3) is 0.440. The highest BCUT2D eigenvalue weighted by molar-refractivity contribution is 5.88. The quantitative estimate of drug-likeness (QED) is 0.623. The lowest BCUT2D eigenvalue weighted by Crippen LogP contribution is -2.50. The summed E-state index contributed by atoms with van der Waals surface area (Å²) in [6.07, 6.45) is 0.820. The Labute approximate surface area is 185 Å². The molecule has 2 rings (SSSR count). The van der Waals surface area contributed by atoms with E-state index >= 15 is 0 Å². The number of carbonyl (C=O) groups excluding carboxylic acids is 2. The highest BCUT2D eigenvalue weighted by atomic mass is 16.5. The molecule has 6 heteroatoms. The maximum absolute atomic E-state index is 13.1. The van der Waals surface area contributed by atoms with E-state index in [0.717, 1.165) is 28.9 Å². The molecule has 2 aromatic carbocycles. The van der Waals surface area contributed by atoms with E-state index in [1.807, 2.05) is 70.2 Å². The topological polar surface area (TPSA) is 67.9 Å². The molecule has 0 saturated carbocycles. The summed E-state index contributed by atoms with van der Waals surface area (Å²) < 4.78 is 11.0. The second kappa shape index (κ2) is 11.4. The zero-order chi connectivity index (χ0) is 23.0. The lowest BCUT2D eigenvalue weighted by molar-refractivity contribution is -0.142. The lowest BCUT2D eigenvalue weighted by Gasteiger charge is -2.29. The third-order valence-corrected chi connectivity index (χ3v) is 5.52. The monoisotopic (exact) mass is 426 g/mol. The lowest BCUT2D eigenvalue weighted by atomic mass is 10.1. The van der Waals surface area contributed by atoms with Crippen molar-refractivity contribution in [2.75, 3.05) is 13.7 Å². The number of ether oxygens (including phenoxy) is 2. The second-order valence-electron chi connectivity index (χ2n) is 7.90. The van der Waals surface area contributed by atoms with E-state index in [9.17, 15) is 9.59 Å². The highest BCUT2D eigenvalue weighted by Crippen LogP contribution is 2.18. The van der Waals surface area contributed by atoms with Gasteiger partial charge in [0.05, 0.1) is 7.11 Å². The fourth-order valence-corrected chi connectivity index (χ4v) is 3.01. The van der Waals surface area contributed by atoms with Gasteiger partial charge in [-0.15, -0.1) is 0 Å². The van der Waals surface area contributed by atoms with Crippen LogP contribution in [-0.4, -0.2) is 42.5 Å². The predicted octanol–water partition coefficient (Wildman–Crippen LogP) is 4.02. The number of nitrogens with one attached hydrogen (secondary N) is 1. The first-order valence-electron chi connectivity index (χ1n) is 10.7. The Morgan fingerprint density at radius 2 is 1.65 bits per heavy atom. The number of nitrogens with zero attached hydrogens (tertiary/aromatic N) is 1. The van der Waals surface area contributed by atoms with Crippen LogP contribution in [0.3, 0.4) is 0 Å². The SMILES string of the molecule is CC[C@H](C)NC(=O)[C@@H](C)N(Cc1ccc(OC)cc1)C(=O)COc1ccc(C)c(C)c1. The van der Waals surface area contributed by atoms with Gasteiger partial charge in [-0.3, -0.25) is 9.59 Å². The molecule has 1 N–H and O–H groups in total. The van der Waals surface area contributed by atoms with Crippen molar-refractivity contribution in [1.82, 2.24) is 10.2 Å². The first-order valence-corrected chi connectivity index (χ1v) is 10.7. The van der Waals surface area contributed by atoms with E-state index in [1.54, 1.807) is 18.9 Å². The van der Waals surface area contributed by atoms with E-state index in [-0.39, 0.29) is 24.5 Å². The van der Waals surface area contributed by atoms with Crippen LogP contribution in [0, 0.1) is 13.8 Å². The van der Waals surface area contributed by atoms with E-state index in [1.165, 1.54) is 0 Å². The summed E-state index contributed by atoms with van der Waals surface area (Å²) in [6.45, 7) is 9.89. The van der Waals surface area contributed by atoms with Gasteiger partial charge >= 0.3 is 0 Å². The molecule has 6 nitrogen and oxygen atoms in total. The minimum absolute atomic E-state index is 0.0414. The number of benzene rings is 2. The van der Waals surface area contributed by atoms with Crippen molar-refractivity contribution in [3.05, 3.63) is 59.2 Å². The van der Waals surface area contributed by atoms with Crippen molar-refractivity contribution in [2.24, 2.45) is 0 Å². The number of amides is 2. The molecule has 0 saturated heterocycles. The molecule has 0 unspecified atom stereocenters. The van der Waals surface area contributed by atoms with Crippen LogP contribution in [0.4, 0.5) is 0 Å². The number of methoxy groups -OCH3 is 1. The van der Waals surface area contributed by atoms with Gasteiger partial charge in [0.15, 0.2) is 6.61 Å². The summed E-state index contributed by atoms with van der Waals surface area (Å²) in [5, 5.41) is 2.96. The molecule has 0 radical (unpaired) electrons. The van der Waals surface area contributed by atoms with Gasteiger partial charge in [0.1, 0.15) is 17.5 Å². The van der Waals surface area contributed by atoms with Gasteiger partial charge in [0.2, 0.25) is 5.91 Å². The van der Waals surface area contributed by atoms with Crippen LogP contribution in [0.25, 0.3) is 0 Å². The molecule has 0 heterocycles. The van der Waals surface area contributed by atoms with Gasteiger partial charge in [-0.2, -0.15) is 0 Å². The molecule has 2 aromatic rings. The predicted molar refractivity (Wildman–Crippen MR) is 122 cm³/mol. The number of hydrogen-bond acceptors (Lipinski definition) is 4. The Hall–Kier alpha value is -3.02. The van der Waals surface area contributed by atoms with Crippen molar-refractivity contribution >= 4 is 11.8 Å². The van der Waals surface area contributed by atoms with Crippen molar-refractivity contribution in [3.8, 4) is 11.5 Å². The smallest absolute Gasteiger partial charge is 0.261 e. The minimum Gasteiger partial charge on any atom is -0.497 e. The number of rotatable bonds is 10. The van der Waals surface area contributed by atoms with Gasteiger partial charge in [0, 0.05) is 12.6 Å². The Balaban J connectivity index is 2.16.